The van der Waals surface area contributed by atoms with Crippen LogP contribution in [0.3, 0.4) is 0 Å². The number of ether oxygens (including phenoxy) is 2. The standard InChI is InChI=1S/C13H15N3O2/c1-17-11-3-4-13(18-2)12(6-11)16-10-5-9(14)7-15-8-10/h3-8,16H,14H2,1-2H3. The first-order valence-electron chi connectivity index (χ1n) is 5.42. The van der Waals surface area contributed by atoms with Gasteiger partial charge in [-0.05, 0) is 18.2 Å². The van der Waals surface area contributed by atoms with Crippen LogP contribution in [0.1, 0.15) is 0 Å². The van der Waals surface area contributed by atoms with Gasteiger partial charge in [0.25, 0.3) is 0 Å². The van der Waals surface area contributed by atoms with Gasteiger partial charge in [0.2, 0.25) is 0 Å². The van der Waals surface area contributed by atoms with E-state index < -0.39 is 0 Å². The summed E-state index contributed by atoms with van der Waals surface area (Å²) in [5.41, 5.74) is 7.87. The number of methoxy groups -OCH3 is 2. The molecule has 2 aromatic rings. The maximum absolute atomic E-state index is 5.68. The fraction of sp³-hybridized carbons (Fsp3) is 0.154. The Hall–Kier alpha value is -2.43. The Morgan fingerprint density at radius 3 is 2.61 bits per heavy atom. The van der Waals surface area contributed by atoms with Crippen LogP contribution in [0.25, 0.3) is 0 Å². The highest BCUT2D eigenvalue weighted by atomic mass is 16.5. The summed E-state index contributed by atoms with van der Waals surface area (Å²) in [5, 5.41) is 3.19. The number of hydrogen-bond donors (Lipinski definition) is 2. The summed E-state index contributed by atoms with van der Waals surface area (Å²) in [7, 11) is 3.23. The highest BCUT2D eigenvalue weighted by Gasteiger charge is 2.05. The van der Waals surface area contributed by atoms with Gasteiger partial charge in [0.1, 0.15) is 11.5 Å². The molecule has 18 heavy (non-hydrogen) atoms. The molecule has 0 saturated carbocycles. The van der Waals surface area contributed by atoms with E-state index in [-0.39, 0.29) is 0 Å². The normalized spacial score (nSPS) is 9.89. The molecule has 5 nitrogen and oxygen atoms in total. The zero-order chi connectivity index (χ0) is 13.0. The summed E-state index contributed by atoms with van der Waals surface area (Å²) in [6.07, 6.45) is 3.28. The number of rotatable bonds is 4. The number of pyridine rings is 1. The van der Waals surface area contributed by atoms with E-state index in [2.05, 4.69) is 10.3 Å². The summed E-state index contributed by atoms with van der Waals surface area (Å²) in [4.78, 5) is 4.02. The molecule has 0 aliphatic rings. The third kappa shape index (κ3) is 2.63. The highest BCUT2D eigenvalue weighted by Crippen LogP contribution is 2.31. The lowest BCUT2D eigenvalue weighted by Crippen LogP contribution is -1.97. The monoisotopic (exact) mass is 245 g/mol. The number of anilines is 3. The van der Waals surface area contributed by atoms with Crippen molar-refractivity contribution < 1.29 is 9.47 Å². The molecule has 0 spiro atoms. The van der Waals surface area contributed by atoms with E-state index in [9.17, 15) is 0 Å². The number of aromatic nitrogens is 1. The summed E-state index contributed by atoms with van der Waals surface area (Å²) in [6, 6.07) is 7.32. The molecular formula is C13H15N3O2. The molecule has 94 valence electrons. The maximum Gasteiger partial charge on any atom is 0.142 e. The van der Waals surface area contributed by atoms with E-state index >= 15 is 0 Å². The first kappa shape index (κ1) is 12.0. The Morgan fingerprint density at radius 1 is 1.11 bits per heavy atom. The molecule has 1 heterocycles. The second kappa shape index (κ2) is 5.27. The smallest absolute Gasteiger partial charge is 0.142 e. The molecule has 0 aliphatic heterocycles. The van der Waals surface area contributed by atoms with Crippen LogP contribution in [0.2, 0.25) is 0 Å². The molecule has 5 heteroatoms. The van der Waals surface area contributed by atoms with E-state index in [0.29, 0.717) is 5.69 Å². The average Bonchev–Trinajstić information content (AvgIpc) is 2.38. The molecule has 3 N–H and O–H groups in total. The van der Waals surface area contributed by atoms with E-state index in [1.807, 2.05) is 18.2 Å². The van der Waals surface area contributed by atoms with Gasteiger partial charge in [0.15, 0.2) is 0 Å². The van der Waals surface area contributed by atoms with Crippen LogP contribution in [0.4, 0.5) is 17.1 Å². The summed E-state index contributed by atoms with van der Waals surface area (Å²) >= 11 is 0. The molecular weight excluding hydrogens is 230 g/mol. The molecule has 0 aliphatic carbocycles. The summed E-state index contributed by atoms with van der Waals surface area (Å²) in [6.45, 7) is 0. The van der Waals surface area contributed by atoms with Gasteiger partial charge in [-0.15, -0.1) is 0 Å². The van der Waals surface area contributed by atoms with Gasteiger partial charge in [-0.1, -0.05) is 0 Å². The van der Waals surface area contributed by atoms with Gasteiger partial charge in [0, 0.05) is 12.3 Å². The van der Waals surface area contributed by atoms with Crippen LogP contribution < -0.4 is 20.5 Å². The lowest BCUT2D eigenvalue weighted by molar-refractivity contribution is 0.405. The number of nitrogen functional groups attached to an aromatic ring is 1. The first-order chi connectivity index (χ1) is 8.72. The van der Waals surface area contributed by atoms with Crippen molar-refractivity contribution in [3.8, 4) is 11.5 Å². The average molecular weight is 245 g/mol. The number of hydrogen-bond acceptors (Lipinski definition) is 5. The molecule has 1 aromatic heterocycles. The lowest BCUT2D eigenvalue weighted by Gasteiger charge is -2.12. The van der Waals surface area contributed by atoms with Crippen LogP contribution in [0, 0.1) is 0 Å². The molecule has 0 unspecified atom stereocenters. The fourth-order valence-electron chi connectivity index (χ4n) is 1.59. The number of nitrogens with two attached hydrogens (primary N) is 1. The van der Waals surface area contributed by atoms with Crippen molar-refractivity contribution in [1.82, 2.24) is 4.98 Å². The van der Waals surface area contributed by atoms with Gasteiger partial charge >= 0.3 is 0 Å². The minimum absolute atomic E-state index is 0.599. The molecule has 0 fully saturated rings. The topological polar surface area (TPSA) is 69.4 Å². The van der Waals surface area contributed by atoms with Gasteiger partial charge in [-0.2, -0.15) is 0 Å². The quantitative estimate of drug-likeness (QED) is 0.865. The third-order valence-electron chi connectivity index (χ3n) is 2.45. The van der Waals surface area contributed by atoms with Crippen molar-refractivity contribution in [1.29, 1.82) is 0 Å². The van der Waals surface area contributed by atoms with Crippen LogP contribution in [-0.4, -0.2) is 19.2 Å². The second-order valence-corrected chi connectivity index (χ2v) is 3.70. The Bertz CT molecular complexity index is 544. The minimum Gasteiger partial charge on any atom is -0.497 e. The Kier molecular flexibility index (Phi) is 3.52. The highest BCUT2D eigenvalue weighted by molar-refractivity contribution is 5.69. The predicted octanol–water partition coefficient (Wildman–Crippen LogP) is 2.42. The number of benzene rings is 1. The van der Waals surface area contributed by atoms with Crippen molar-refractivity contribution in [3.63, 3.8) is 0 Å². The summed E-state index contributed by atoms with van der Waals surface area (Å²) in [5.74, 6) is 1.47. The predicted molar refractivity (Wildman–Crippen MR) is 71.5 cm³/mol. The Balaban J connectivity index is 2.32. The lowest BCUT2D eigenvalue weighted by atomic mass is 10.2. The zero-order valence-electron chi connectivity index (χ0n) is 10.3. The van der Waals surface area contributed by atoms with Crippen molar-refractivity contribution in [3.05, 3.63) is 36.7 Å². The SMILES string of the molecule is COc1ccc(OC)c(Nc2cncc(N)c2)c1. The Morgan fingerprint density at radius 2 is 1.94 bits per heavy atom. The van der Waals surface area contributed by atoms with E-state index in [0.717, 1.165) is 22.9 Å². The van der Waals surface area contributed by atoms with Gasteiger partial charge in [-0.25, -0.2) is 0 Å². The molecule has 0 atom stereocenters. The van der Waals surface area contributed by atoms with Crippen molar-refractivity contribution in [2.75, 3.05) is 25.3 Å². The van der Waals surface area contributed by atoms with E-state index in [1.165, 1.54) is 0 Å². The largest absolute Gasteiger partial charge is 0.497 e. The molecule has 0 amide bonds. The van der Waals surface area contributed by atoms with Crippen LogP contribution in [0.5, 0.6) is 11.5 Å². The van der Waals surface area contributed by atoms with E-state index in [1.54, 1.807) is 32.7 Å². The maximum atomic E-state index is 5.68. The minimum atomic E-state index is 0.599. The second-order valence-electron chi connectivity index (χ2n) is 3.70. The van der Waals surface area contributed by atoms with Crippen molar-refractivity contribution >= 4 is 17.1 Å². The molecule has 2 rings (SSSR count). The van der Waals surface area contributed by atoms with Crippen molar-refractivity contribution in [2.45, 2.75) is 0 Å². The van der Waals surface area contributed by atoms with Gasteiger partial charge in [0.05, 0.1) is 37.5 Å². The zero-order valence-corrected chi connectivity index (χ0v) is 10.3. The molecule has 0 bridgehead atoms. The van der Waals surface area contributed by atoms with Crippen LogP contribution in [-0.2, 0) is 0 Å². The Labute approximate surface area is 106 Å². The number of nitrogens with zero attached hydrogens (tertiary/aromatic N) is 1. The third-order valence-corrected chi connectivity index (χ3v) is 2.45. The van der Waals surface area contributed by atoms with Crippen molar-refractivity contribution in [2.24, 2.45) is 0 Å². The van der Waals surface area contributed by atoms with E-state index in [4.69, 9.17) is 15.2 Å². The van der Waals surface area contributed by atoms with Crippen LogP contribution >= 0.6 is 0 Å². The summed E-state index contributed by atoms with van der Waals surface area (Å²) < 4.78 is 10.5. The van der Waals surface area contributed by atoms with Gasteiger partial charge < -0.3 is 20.5 Å². The van der Waals surface area contributed by atoms with Crippen LogP contribution in [0.15, 0.2) is 36.7 Å². The van der Waals surface area contributed by atoms with Gasteiger partial charge in [-0.3, -0.25) is 4.98 Å². The number of nitrogens with one attached hydrogen (secondary N) is 1. The fourth-order valence-corrected chi connectivity index (χ4v) is 1.59. The molecule has 0 saturated heterocycles. The molecule has 1 aromatic carbocycles. The first-order valence-corrected chi connectivity index (χ1v) is 5.42. The molecule has 0 radical (unpaired) electrons.